The van der Waals surface area contributed by atoms with E-state index >= 15 is 0 Å². The highest BCUT2D eigenvalue weighted by atomic mass is 32.2. The number of benzene rings is 1. The molecule has 0 bridgehead atoms. The lowest BCUT2D eigenvalue weighted by Crippen LogP contribution is -2.27. The maximum atomic E-state index is 11.3. The van der Waals surface area contributed by atoms with E-state index < -0.39 is 10.0 Å². The van der Waals surface area contributed by atoms with Gasteiger partial charge in [-0.05, 0) is 31.0 Å². The number of hydrogen-bond donors (Lipinski definition) is 2. The lowest BCUT2D eigenvalue weighted by Gasteiger charge is -2.27. The summed E-state index contributed by atoms with van der Waals surface area (Å²) >= 11 is 0. The number of primary sulfonamides is 1. The zero-order valence-corrected chi connectivity index (χ0v) is 11.8. The van der Waals surface area contributed by atoms with Crippen LogP contribution in [0.5, 0.6) is 0 Å². The first-order valence-electron chi connectivity index (χ1n) is 6.66. The minimum atomic E-state index is -3.74. The molecule has 1 aromatic rings. The Morgan fingerprint density at radius 1 is 1.00 bits per heavy atom. The molecule has 4 N–H and O–H groups in total. The minimum absolute atomic E-state index is 0.00305. The Morgan fingerprint density at radius 3 is 2.11 bits per heavy atom. The molecule has 0 amide bonds. The van der Waals surface area contributed by atoms with Crippen molar-refractivity contribution in [1.29, 1.82) is 0 Å². The summed E-state index contributed by atoms with van der Waals surface area (Å²) in [6, 6.07) is 5.00. The molecule has 106 valence electrons. The summed E-state index contributed by atoms with van der Waals surface area (Å²) < 4.78 is 22.7. The quantitative estimate of drug-likeness (QED) is 0.808. The molecule has 1 aromatic carbocycles. The zero-order valence-electron chi connectivity index (χ0n) is 11.0. The second-order valence-corrected chi connectivity index (χ2v) is 6.55. The normalized spacial score (nSPS) is 17.8. The summed E-state index contributed by atoms with van der Waals surface area (Å²) in [6.07, 6.45) is 6.14. The average Bonchev–Trinajstić information content (AvgIpc) is 2.26. The van der Waals surface area contributed by atoms with E-state index in [0.29, 0.717) is 0 Å². The van der Waals surface area contributed by atoms with E-state index in [1.165, 1.54) is 25.3 Å². The molecule has 0 atom stereocenters. The minimum Gasteiger partial charge on any atom is -0.398 e. The van der Waals surface area contributed by atoms with E-state index in [2.05, 4.69) is 4.90 Å². The van der Waals surface area contributed by atoms with Gasteiger partial charge in [0.25, 0.3) is 0 Å². The van der Waals surface area contributed by atoms with Gasteiger partial charge in [0, 0.05) is 18.8 Å². The van der Waals surface area contributed by atoms with Crippen molar-refractivity contribution in [3.63, 3.8) is 0 Å². The first-order chi connectivity index (χ1) is 8.98. The van der Waals surface area contributed by atoms with Gasteiger partial charge in [0.15, 0.2) is 0 Å². The van der Waals surface area contributed by atoms with Gasteiger partial charge in [-0.15, -0.1) is 0 Å². The van der Waals surface area contributed by atoms with Gasteiger partial charge in [-0.3, -0.25) is 0 Å². The summed E-state index contributed by atoms with van der Waals surface area (Å²) in [5.74, 6) is 0. The Morgan fingerprint density at radius 2 is 1.58 bits per heavy atom. The van der Waals surface area contributed by atoms with Gasteiger partial charge in [-0.2, -0.15) is 0 Å². The third-order valence-corrected chi connectivity index (χ3v) is 4.51. The van der Waals surface area contributed by atoms with E-state index in [0.717, 1.165) is 31.6 Å². The molecule has 6 heteroatoms. The summed E-state index contributed by atoms with van der Waals surface area (Å²) in [5, 5.41) is 5.11. The first kappa shape index (κ1) is 14.1. The van der Waals surface area contributed by atoms with Crippen molar-refractivity contribution in [3.05, 3.63) is 18.2 Å². The Balaban J connectivity index is 2.23. The number of nitrogens with two attached hydrogens (primary N) is 2. The van der Waals surface area contributed by atoms with Crippen LogP contribution in [-0.4, -0.2) is 21.5 Å². The van der Waals surface area contributed by atoms with Crippen LogP contribution >= 0.6 is 0 Å². The summed E-state index contributed by atoms with van der Waals surface area (Å²) in [7, 11) is -3.74. The van der Waals surface area contributed by atoms with Crippen LogP contribution in [0.2, 0.25) is 0 Å². The molecule has 0 spiro atoms. The predicted octanol–water partition coefficient (Wildman–Crippen LogP) is 1.69. The molecule has 19 heavy (non-hydrogen) atoms. The third-order valence-electron chi connectivity index (χ3n) is 3.52. The Bertz CT molecular complexity index is 535. The summed E-state index contributed by atoms with van der Waals surface area (Å²) in [6.45, 7) is 1.99. The highest BCUT2D eigenvalue weighted by molar-refractivity contribution is 7.89. The molecular weight excluding hydrogens is 262 g/mol. The molecule has 5 nitrogen and oxygen atoms in total. The second kappa shape index (κ2) is 5.79. The van der Waals surface area contributed by atoms with Crippen molar-refractivity contribution >= 4 is 21.4 Å². The van der Waals surface area contributed by atoms with E-state index in [4.69, 9.17) is 10.9 Å². The van der Waals surface area contributed by atoms with Crippen LogP contribution in [-0.2, 0) is 10.0 Å². The van der Waals surface area contributed by atoms with Crippen molar-refractivity contribution in [2.24, 2.45) is 5.14 Å². The maximum Gasteiger partial charge on any atom is 0.240 e. The third kappa shape index (κ3) is 3.61. The molecule has 1 aliphatic heterocycles. The monoisotopic (exact) mass is 283 g/mol. The van der Waals surface area contributed by atoms with Gasteiger partial charge in [-0.1, -0.05) is 19.3 Å². The van der Waals surface area contributed by atoms with Gasteiger partial charge in [0.05, 0.1) is 5.69 Å². The number of nitrogens with zero attached hydrogens (tertiary/aromatic N) is 1. The van der Waals surface area contributed by atoms with Crippen molar-refractivity contribution in [1.82, 2.24) is 0 Å². The molecule has 1 fully saturated rings. The molecule has 1 aliphatic rings. The van der Waals surface area contributed by atoms with Crippen LogP contribution in [0.25, 0.3) is 0 Å². The summed E-state index contributed by atoms with van der Waals surface area (Å²) in [4.78, 5) is 2.27. The van der Waals surface area contributed by atoms with Gasteiger partial charge >= 0.3 is 0 Å². The van der Waals surface area contributed by atoms with Crippen LogP contribution in [0.15, 0.2) is 23.1 Å². The van der Waals surface area contributed by atoms with Gasteiger partial charge in [0.2, 0.25) is 10.0 Å². The number of anilines is 2. The molecule has 1 heterocycles. The fraction of sp³-hybridized carbons (Fsp3) is 0.538. The van der Waals surface area contributed by atoms with E-state index in [1.54, 1.807) is 12.1 Å². The predicted molar refractivity (Wildman–Crippen MR) is 77.5 cm³/mol. The van der Waals surface area contributed by atoms with Gasteiger partial charge in [0.1, 0.15) is 4.90 Å². The SMILES string of the molecule is Nc1cc(N2CCCCCCC2)ccc1S(N)(=O)=O. The molecule has 0 aromatic heterocycles. The smallest absolute Gasteiger partial charge is 0.240 e. The molecule has 0 aliphatic carbocycles. The molecular formula is C13H21N3O2S. The van der Waals surface area contributed by atoms with Crippen molar-refractivity contribution in [2.75, 3.05) is 23.7 Å². The lowest BCUT2D eigenvalue weighted by atomic mass is 10.1. The topological polar surface area (TPSA) is 89.4 Å². The standard InChI is InChI=1S/C13H21N3O2S/c14-12-10-11(6-7-13(12)19(15,17)18)16-8-4-2-1-3-5-9-16/h6-7,10H,1-5,8-9,14H2,(H2,15,17,18). The van der Waals surface area contributed by atoms with Crippen LogP contribution < -0.4 is 15.8 Å². The number of nitrogen functional groups attached to an aromatic ring is 1. The summed E-state index contributed by atoms with van der Waals surface area (Å²) in [5.41, 5.74) is 7.00. The van der Waals surface area contributed by atoms with Crippen LogP contribution in [0.3, 0.4) is 0 Å². The Hall–Kier alpha value is -1.27. The first-order valence-corrected chi connectivity index (χ1v) is 8.20. The van der Waals surface area contributed by atoms with E-state index in [9.17, 15) is 8.42 Å². The molecule has 0 saturated carbocycles. The van der Waals surface area contributed by atoms with Crippen LogP contribution in [0.4, 0.5) is 11.4 Å². The van der Waals surface area contributed by atoms with Gasteiger partial charge in [-0.25, -0.2) is 13.6 Å². The Kier molecular flexibility index (Phi) is 4.31. The Labute approximate surface area is 114 Å². The lowest BCUT2D eigenvalue weighted by molar-refractivity contribution is 0.556. The van der Waals surface area contributed by atoms with Crippen molar-refractivity contribution in [2.45, 2.75) is 37.0 Å². The highest BCUT2D eigenvalue weighted by Crippen LogP contribution is 2.25. The average molecular weight is 283 g/mol. The largest absolute Gasteiger partial charge is 0.398 e. The fourth-order valence-corrected chi connectivity index (χ4v) is 3.14. The molecule has 0 unspecified atom stereocenters. The number of sulfonamides is 1. The van der Waals surface area contributed by atoms with Crippen LogP contribution in [0, 0.1) is 0 Å². The number of rotatable bonds is 2. The van der Waals surface area contributed by atoms with Crippen molar-refractivity contribution in [3.8, 4) is 0 Å². The highest BCUT2D eigenvalue weighted by Gasteiger charge is 2.15. The van der Waals surface area contributed by atoms with Crippen LogP contribution in [0.1, 0.15) is 32.1 Å². The molecule has 2 rings (SSSR count). The van der Waals surface area contributed by atoms with E-state index in [1.807, 2.05) is 0 Å². The second-order valence-electron chi connectivity index (χ2n) is 5.02. The number of hydrogen-bond acceptors (Lipinski definition) is 4. The van der Waals surface area contributed by atoms with Crippen molar-refractivity contribution < 1.29 is 8.42 Å². The van der Waals surface area contributed by atoms with Gasteiger partial charge < -0.3 is 10.6 Å². The maximum absolute atomic E-state index is 11.3. The van der Waals surface area contributed by atoms with E-state index in [-0.39, 0.29) is 10.6 Å². The fourth-order valence-electron chi connectivity index (χ4n) is 2.50. The zero-order chi connectivity index (χ0) is 13.9. The molecule has 0 radical (unpaired) electrons. The molecule has 1 saturated heterocycles.